The number of rotatable bonds is 4. The minimum atomic E-state index is 0.0328. The standard InChI is InChI=1S/C21H24N2O2S2/c1-12-7-5-9-17(13(12)2)23-20(24)18-14(3)15(4)27-19(18)22-21(23)26-11-16-8-6-10-25-16/h5,7,9,16H,6,8,10-11H2,1-4H3/t16-/m0/s1. The molecule has 0 unspecified atom stereocenters. The molecular formula is C21H24N2O2S2. The van der Waals surface area contributed by atoms with Crippen LogP contribution in [0.2, 0.25) is 0 Å². The maximum Gasteiger partial charge on any atom is 0.267 e. The number of thioether (sulfide) groups is 1. The average molecular weight is 401 g/mol. The Bertz CT molecular complexity index is 1060. The molecule has 0 spiro atoms. The largest absolute Gasteiger partial charge is 0.377 e. The summed E-state index contributed by atoms with van der Waals surface area (Å²) in [5.41, 5.74) is 4.29. The van der Waals surface area contributed by atoms with E-state index < -0.39 is 0 Å². The highest BCUT2D eigenvalue weighted by molar-refractivity contribution is 7.99. The van der Waals surface area contributed by atoms with Crippen molar-refractivity contribution in [3.05, 3.63) is 50.1 Å². The number of aromatic nitrogens is 2. The Labute approximate surface area is 167 Å². The van der Waals surface area contributed by atoms with Crippen molar-refractivity contribution in [2.75, 3.05) is 12.4 Å². The molecule has 3 aromatic rings. The Balaban J connectivity index is 1.91. The molecule has 1 saturated heterocycles. The lowest BCUT2D eigenvalue weighted by molar-refractivity contribution is 0.129. The number of hydrogen-bond donors (Lipinski definition) is 0. The maximum atomic E-state index is 13.5. The smallest absolute Gasteiger partial charge is 0.267 e. The summed E-state index contributed by atoms with van der Waals surface area (Å²) in [6.07, 6.45) is 2.45. The Kier molecular flexibility index (Phi) is 5.14. The van der Waals surface area contributed by atoms with E-state index in [9.17, 15) is 4.79 Å². The van der Waals surface area contributed by atoms with Crippen molar-refractivity contribution in [2.45, 2.75) is 51.8 Å². The zero-order valence-electron chi connectivity index (χ0n) is 16.2. The monoisotopic (exact) mass is 400 g/mol. The van der Waals surface area contributed by atoms with Crippen molar-refractivity contribution in [3.8, 4) is 5.69 Å². The lowest BCUT2D eigenvalue weighted by Crippen LogP contribution is -2.23. The van der Waals surface area contributed by atoms with Gasteiger partial charge in [-0.3, -0.25) is 9.36 Å². The van der Waals surface area contributed by atoms with Gasteiger partial charge >= 0.3 is 0 Å². The van der Waals surface area contributed by atoms with Crippen molar-refractivity contribution in [3.63, 3.8) is 0 Å². The van der Waals surface area contributed by atoms with Crippen LogP contribution in [0.1, 0.15) is 34.4 Å². The molecule has 1 aliphatic heterocycles. The fraction of sp³-hybridized carbons (Fsp3) is 0.429. The topological polar surface area (TPSA) is 44.1 Å². The van der Waals surface area contributed by atoms with E-state index in [1.165, 1.54) is 5.56 Å². The third-order valence-electron chi connectivity index (χ3n) is 5.41. The number of aryl methyl sites for hydroxylation is 3. The summed E-state index contributed by atoms with van der Waals surface area (Å²) in [5, 5.41) is 1.51. The van der Waals surface area contributed by atoms with Gasteiger partial charge in [0.1, 0.15) is 4.83 Å². The van der Waals surface area contributed by atoms with Crippen LogP contribution in [0.4, 0.5) is 0 Å². The van der Waals surface area contributed by atoms with Crippen molar-refractivity contribution in [1.82, 2.24) is 9.55 Å². The second kappa shape index (κ2) is 7.41. The lowest BCUT2D eigenvalue weighted by Gasteiger charge is -2.16. The van der Waals surface area contributed by atoms with Crippen LogP contribution in [0.25, 0.3) is 15.9 Å². The first-order chi connectivity index (χ1) is 13.0. The summed E-state index contributed by atoms with van der Waals surface area (Å²) < 4.78 is 7.58. The van der Waals surface area contributed by atoms with Crippen LogP contribution < -0.4 is 5.56 Å². The summed E-state index contributed by atoms with van der Waals surface area (Å²) in [5.74, 6) is 0.826. The van der Waals surface area contributed by atoms with Crippen molar-refractivity contribution >= 4 is 33.3 Å². The van der Waals surface area contributed by atoms with E-state index in [0.717, 1.165) is 62.3 Å². The van der Waals surface area contributed by atoms with Crippen molar-refractivity contribution in [2.24, 2.45) is 0 Å². The molecule has 6 heteroatoms. The van der Waals surface area contributed by atoms with Gasteiger partial charge in [-0.1, -0.05) is 23.9 Å². The van der Waals surface area contributed by atoms with Gasteiger partial charge in [-0.15, -0.1) is 11.3 Å². The third-order valence-corrected chi connectivity index (χ3v) is 7.58. The first-order valence-corrected chi connectivity index (χ1v) is 11.1. The molecule has 0 amide bonds. The summed E-state index contributed by atoms with van der Waals surface area (Å²) in [6, 6.07) is 6.10. The molecular weight excluding hydrogens is 376 g/mol. The molecule has 142 valence electrons. The van der Waals surface area contributed by atoms with Gasteiger partial charge in [0.05, 0.1) is 17.2 Å². The van der Waals surface area contributed by atoms with E-state index in [4.69, 9.17) is 9.72 Å². The Hall–Kier alpha value is -1.63. The molecule has 0 N–H and O–H groups in total. The average Bonchev–Trinajstić information content (AvgIpc) is 3.25. The quantitative estimate of drug-likeness (QED) is 0.459. The number of fused-ring (bicyclic) bond motifs is 1. The Morgan fingerprint density at radius 2 is 2.07 bits per heavy atom. The first kappa shape index (κ1) is 18.7. The van der Waals surface area contributed by atoms with Crippen molar-refractivity contribution < 1.29 is 4.74 Å². The highest BCUT2D eigenvalue weighted by Gasteiger charge is 2.22. The highest BCUT2D eigenvalue weighted by Crippen LogP contribution is 2.31. The van der Waals surface area contributed by atoms with Gasteiger partial charge in [0.15, 0.2) is 5.16 Å². The van der Waals surface area contributed by atoms with Gasteiger partial charge in [0.2, 0.25) is 0 Å². The minimum Gasteiger partial charge on any atom is -0.377 e. The van der Waals surface area contributed by atoms with Gasteiger partial charge in [-0.05, 0) is 63.3 Å². The molecule has 0 saturated carbocycles. The number of ether oxygens (including phenoxy) is 1. The van der Waals surface area contributed by atoms with E-state index in [-0.39, 0.29) is 11.7 Å². The molecule has 4 nitrogen and oxygen atoms in total. The summed E-state index contributed by atoms with van der Waals surface area (Å²) in [7, 11) is 0. The second-order valence-corrected chi connectivity index (χ2v) is 9.35. The summed E-state index contributed by atoms with van der Waals surface area (Å²) >= 11 is 3.24. The van der Waals surface area contributed by atoms with Crippen LogP contribution in [-0.2, 0) is 4.74 Å². The molecule has 1 aliphatic rings. The van der Waals surface area contributed by atoms with Crippen molar-refractivity contribution in [1.29, 1.82) is 0 Å². The summed E-state index contributed by atoms with van der Waals surface area (Å²) in [4.78, 5) is 20.4. The predicted octanol–water partition coefficient (Wildman–Crippen LogP) is 4.95. The fourth-order valence-electron chi connectivity index (χ4n) is 3.51. The number of benzene rings is 1. The molecule has 27 heavy (non-hydrogen) atoms. The molecule has 2 aromatic heterocycles. The maximum absolute atomic E-state index is 13.5. The number of nitrogens with zero attached hydrogens (tertiary/aromatic N) is 2. The van der Waals surface area contributed by atoms with E-state index in [0.29, 0.717) is 0 Å². The molecule has 4 rings (SSSR count). The van der Waals surface area contributed by atoms with Crippen LogP contribution >= 0.6 is 23.1 Å². The van der Waals surface area contributed by atoms with E-state index >= 15 is 0 Å². The van der Waals surface area contributed by atoms with E-state index in [1.54, 1.807) is 23.1 Å². The van der Waals surface area contributed by atoms with E-state index in [2.05, 4.69) is 26.8 Å². The van der Waals surface area contributed by atoms with Crippen LogP contribution in [-0.4, -0.2) is 28.0 Å². The first-order valence-electron chi connectivity index (χ1n) is 9.31. The van der Waals surface area contributed by atoms with Crippen LogP contribution in [0.15, 0.2) is 28.2 Å². The zero-order chi connectivity index (χ0) is 19.1. The molecule has 1 aromatic carbocycles. The third kappa shape index (κ3) is 3.35. The normalized spacial score (nSPS) is 17.1. The summed E-state index contributed by atoms with van der Waals surface area (Å²) in [6.45, 7) is 9.06. The highest BCUT2D eigenvalue weighted by atomic mass is 32.2. The fourth-order valence-corrected chi connectivity index (χ4v) is 5.65. The zero-order valence-corrected chi connectivity index (χ0v) is 17.8. The van der Waals surface area contributed by atoms with E-state index in [1.807, 2.05) is 23.6 Å². The van der Waals surface area contributed by atoms with Gasteiger partial charge in [0, 0.05) is 17.2 Å². The SMILES string of the molecule is Cc1cccc(-n2c(SC[C@@H]3CCCO3)nc3sc(C)c(C)c3c2=O)c1C. The van der Waals surface area contributed by atoms with Gasteiger partial charge in [-0.25, -0.2) is 4.98 Å². The Morgan fingerprint density at radius 1 is 1.26 bits per heavy atom. The van der Waals surface area contributed by atoms with Crippen LogP contribution in [0.3, 0.4) is 0 Å². The van der Waals surface area contributed by atoms with Gasteiger partial charge in [0.25, 0.3) is 5.56 Å². The predicted molar refractivity (Wildman–Crippen MR) is 114 cm³/mol. The molecule has 1 atom stereocenters. The molecule has 0 bridgehead atoms. The number of thiophene rings is 1. The second-order valence-electron chi connectivity index (χ2n) is 7.16. The van der Waals surface area contributed by atoms with Gasteiger partial charge in [-0.2, -0.15) is 0 Å². The van der Waals surface area contributed by atoms with Crippen LogP contribution in [0.5, 0.6) is 0 Å². The lowest BCUT2D eigenvalue weighted by atomic mass is 10.1. The molecule has 0 radical (unpaired) electrons. The Morgan fingerprint density at radius 3 is 2.81 bits per heavy atom. The van der Waals surface area contributed by atoms with Crippen LogP contribution in [0, 0.1) is 27.7 Å². The molecule has 0 aliphatic carbocycles. The van der Waals surface area contributed by atoms with Gasteiger partial charge < -0.3 is 4.74 Å². The molecule has 1 fully saturated rings. The minimum absolute atomic E-state index is 0.0328. The number of hydrogen-bond acceptors (Lipinski definition) is 5. The molecule has 3 heterocycles.